The molecule has 2 aliphatic rings. The standard InChI is InChI=1S/C22H27FN2OS/c1-5-8-19(23)18(13-20(26)16(4)10-6-9-15(2)3)22-12-7-11-17(22)14-27-21(24)25-22/h5-6,8-10,13,17H,1,4,7,11-12,14H2,2-3H3,(H2,24,25)/b10-6-,18-13+,19-8+. The van der Waals surface area contributed by atoms with Crippen molar-refractivity contribution in [1.82, 2.24) is 0 Å². The number of nitrogens with zero attached hydrogens (tertiary/aromatic N) is 1. The van der Waals surface area contributed by atoms with Gasteiger partial charge in [-0.15, -0.1) is 0 Å². The second-order valence-corrected chi connectivity index (χ2v) is 8.12. The number of hydrogen-bond donors (Lipinski definition) is 1. The Morgan fingerprint density at radius 1 is 1.41 bits per heavy atom. The number of hydrogen-bond acceptors (Lipinski definition) is 4. The molecule has 1 aliphatic carbocycles. The lowest BCUT2D eigenvalue weighted by atomic mass is 9.79. The Morgan fingerprint density at radius 2 is 2.15 bits per heavy atom. The number of aliphatic imine (C=N–C) groups is 1. The van der Waals surface area contributed by atoms with Gasteiger partial charge in [-0.05, 0) is 44.8 Å². The Balaban J connectivity index is 2.46. The largest absolute Gasteiger partial charge is 0.379 e. The number of allylic oxidation sites excluding steroid dienone is 8. The number of carbonyl (C=O) groups excluding carboxylic acids is 1. The van der Waals surface area contributed by atoms with Gasteiger partial charge < -0.3 is 5.73 Å². The van der Waals surface area contributed by atoms with Crippen molar-refractivity contribution in [3.05, 3.63) is 72.2 Å². The number of ketones is 1. The minimum Gasteiger partial charge on any atom is -0.379 e. The molecule has 0 aromatic rings. The lowest BCUT2D eigenvalue weighted by molar-refractivity contribution is -0.111. The Labute approximate surface area is 165 Å². The average molecular weight is 387 g/mol. The van der Waals surface area contributed by atoms with Gasteiger partial charge in [-0.2, -0.15) is 0 Å². The van der Waals surface area contributed by atoms with Crippen molar-refractivity contribution in [3.8, 4) is 0 Å². The van der Waals surface area contributed by atoms with E-state index in [2.05, 4.69) is 18.2 Å². The second-order valence-electron chi connectivity index (χ2n) is 7.08. The third-order valence-electron chi connectivity index (χ3n) is 4.83. The highest BCUT2D eigenvalue weighted by Gasteiger charge is 2.49. The summed E-state index contributed by atoms with van der Waals surface area (Å²) in [6, 6.07) is 0. The number of amidine groups is 1. The molecule has 2 N–H and O–H groups in total. The van der Waals surface area contributed by atoms with Crippen molar-refractivity contribution < 1.29 is 9.18 Å². The van der Waals surface area contributed by atoms with E-state index in [0.717, 1.165) is 24.2 Å². The smallest absolute Gasteiger partial charge is 0.185 e. The van der Waals surface area contributed by atoms with Gasteiger partial charge in [0, 0.05) is 16.9 Å². The molecule has 0 spiro atoms. The number of rotatable bonds is 7. The van der Waals surface area contributed by atoms with Crippen LogP contribution in [0.4, 0.5) is 4.39 Å². The topological polar surface area (TPSA) is 55.5 Å². The van der Waals surface area contributed by atoms with Crippen molar-refractivity contribution in [2.45, 2.75) is 38.6 Å². The predicted octanol–water partition coefficient (Wildman–Crippen LogP) is 5.20. The number of fused-ring (bicyclic) bond motifs is 1. The second kappa shape index (κ2) is 9.18. The van der Waals surface area contributed by atoms with Crippen LogP contribution in [0.5, 0.6) is 0 Å². The van der Waals surface area contributed by atoms with Crippen molar-refractivity contribution in [1.29, 1.82) is 0 Å². The van der Waals surface area contributed by atoms with Crippen LogP contribution >= 0.6 is 11.8 Å². The van der Waals surface area contributed by atoms with Crippen LogP contribution in [0.3, 0.4) is 0 Å². The lowest BCUT2D eigenvalue weighted by Gasteiger charge is -2.37. The zero-order valence-corrected chi connectivity index (χ0v) is 16.8. The Bertz CT molecular complexity index is 784. The molecule has 0 radical (unpaired) electrons. The van der Waals surface area contributed by atoms with Crippen molar-refractivity contribution >= 4 is 22.7 Å². The van der Waals surface area contributed by atoms with E-state index in [9.17, 15) is 9.18 Å². The predicted molar refractivity (Wildman–Crippen MR) is 114 cm³/mol. The number of halogens is 1. The summed E-state index contributed by atoms with van der Waals surface area (Å²) in [7, 11) is 0. The fourth-order valence-corrected chi connectivity index (χ4v) is 4.56. The normalized spacial score (nSPS) is 25.7. The molecule has 2 rings (SSSR count). The highest BCUT2D eigenvalue weighted by molar-refractivity contribution is 8.13. The molecule has 0 bridgehead atoms. The number of nitrogens with two attached hydrogens (primary N) is 1. The summed E-state index contributed by atoms with van der Waals surface area (Å²) in [5.74, 6) is 0.119. The molecule has 0 amide bonds. The van der Waals surface area contributed by atoms with Gasteiger partial charge in [-0.3, -0.25) is 9.79 Å². The van der Waals surface area contributed by atoms with E-state index < -0.39 is 11.4 Å². The molecule has 3 nitrogen and oxygen atoms in total. The SMILES string of the molecule is C=C/C=C(F)\C(=C/C(=O)C(=C)/C=C\C=C(C)C)C12CCCC1CSC(N)=N2. The summed E-state index contributed by atoms with van der Waals surface area (Å²) >= 11 is 1.49. The number of carbonyl (C=O) groups is 1. The van der Waals surface area contributed by atoms with E-state index >= 15 is 0 Å². The maximum Gasteiger partial charge on any atom is 0.185 e. The molecular weight excluding hydrogens is 359 g/mol. The van der Waals surface area contributed by atoms with Gasteiger partial charge in [0.2, 0.25) is 0 Å². The molecule has 5 heteroatoms. The molecule has 0 aromatic heterocycles. The maximum atomic E-state index is 15.0. The highest BCUT2D eigenvalue weighted by atomic mass is 32.2. The summed E-state index contributed by atoms with van der Waals surface area (Å²) in [4.78, 5) is 17.3. The molecule has 1 aliphatic heterocycles. The Kier molecular flexibility index (Phi) is 7.19. The molecule has 0 aromatic carbocycles. The molecular formula is C22H27FN2OS. The summed E-state index contributed by atoms with van der Waals surface area (Å²) in [6.07, 6.45) is 11.8. The summed E-state index contributed by atoms with van der Waals surface area (Å²) < 4.78 is 15.0. The molecule has 2 atom stereocenters. The Morgan fingerprint density at radius 3 is 2.81 bits per heavy atom. The van der Waals surface area contributed by atoms with E-state index in [4.69, 9.17) is 5.73 Å². The van der Waals surface area contributed by atoms with Gasteiger partial charge in [0.1, 0.15) is 5.83 Å². The van der Waals surface area contributed by atoms with Crippen LogP contribution in [-0.4, -0.2) is 22.2 Å². The van der Waals surface area contributed by atoms with Crippen LogP contribution in [-0.2, 0) is 4.79 Å². The Hall–Kier alpha value is -2.14. The molecule has 27 heavy (non-hydrogen) atoms. The first-order chi connectivity index (χ1) is 12.8. The van der Waals surface area contributed by atoms with E-state index in [1.165, 1.54) is 30.0 Å². The van der Waals surface area contributed by atoms with Crippen molar-refractivity contribution in [3.63, 3.8) is 0 Å². The third kappa shape index (κ3) is 4.98. The van der Waals surface area contributed by atoms with Gasteiger partial charge in [0.05, 0.1) is 5.54 Å². The van der Waals surface area contributed by atoms with E-state index in [-0.39, 0.29) is 17.3 Å². The van der Waals surface area contributed by atoms with Crippen molar-refractivity contribution in [2.24, 2.45) is 16.6 Å². The highest BCUT2D eigenvalue weighted by Crippen LogP contribution is 2.50. The first kappa shape index (κ1) is 21.2. The molecule has 1 saturated carbocycles. The molecule has 1 heterocycles. The van der Waals surface area contributed by atoms with Gasteiger partial charge in [-0.1, -0.05) is 61.2 Å². The fraction of sp³-hybridized carbons (Fsp3) is 0.364. The van der Waals surface area contributed by atoms with E-state index in [1.807, 2.05) is 19.9 Å². The first-order valence-electron chi connectivity index (χ1n) is 9.04. The van der Waals surface area contributed by atoms with Gasteiger partial charge >= 0.3 is 0 Å². The molecule has 2 unspecified atom stereocenters. The zero-order chi connectivity index (χ0) is 20.0. The molecule has 144 valence electrons. The van der Waals surface area contributed by atoms with Crippen LogP contribution in [0.15, 0.2) is 77.2 Å². The summed E-state index contributed by atoms with van der Waals surface area (Å²) in [6.45, 7) is 11.3. The van der Waals surface area contributed by atoms with E-state index in [1.54, 1.807) is 12.2 Å². The molecule has 1 fully saturated rings. The summed E-state index contributed by atoms with van der Waals surface area (Å²) in [5, 5.41) is 0.445. The summed E-state index contributed by atoms with van der Waals surface area (Å²) in [5.41, 5.74) is 6.89. The van der Waals surface area contributed by atoms with E-state index in [0.29, 0.717) is 17.2 Å². The van der Waals surface area contributed by atoms with Crippen LogP contribution in [0.1, 0.15) is 33.1 Å². The van der Waals surface area contributed by atoms with Crippen LogP contribution in [0.2, 0.25) is 0 Å². The lowest BCUT2D eigenvalue weighted by Crippen LogP contribution is -2.41. The minimum atomic E-state index is -0.779. The van der Waals surface area contributed by atoms with Crippen LogP contribution in [0, 0.1) is 5.92 Å². The third-order valence-corrected chi connectivity index (χ3v) is 5.79. The maximum absolute atomic E-state index is 15.0. The zero-order valence-electron chi connectivity index (χ0n) is 16.0. The first-order valence-corrected chi connectivity index (χ1v) is 10.0. The number of thioether (sulfide) groups is 1. The average Bonchev–Trinajstić information content (AvgIpc) is 3.02. The quantitative estimate of drug-likeness (QED) is 0.483. The van der Waals surface area contributed by atoms with Crippen LogP contribution < -0.4 is 5.73 Å². The van der Waals surface area contributed by atoms with Gasteiger partial charge in [-0.25, -0.2) is 4.39 Å². The molecule has 0 saturated heterocycles. The van der Waals surface area contributed by atoms with Crippen LogP contribution in [0.25, 0.3) is 0 Å². The monoisotopic (exact) mass is 386 g/mol. The minimum absolute atomic E-state index is 0.160. The fourth-order valence-electron chi connectivity index (χ4n) is 3.52. The van der Waals surface area contributed by atoms with Gasteiger partial charge in [0.15, 0.2) is 11.0 Å². The van der Waals surface area contributed by atoms with Gasteiger partial charge in [0.25, 0.3) is 0 Å². The van der Waals surface area contributed by atoms with Crippen molar-refractivity contribution in [2.75, 3.05) is 5.75 Å².